The van der Waals surface area contributed by atoms with E-state index in [0.717, 1.165) is 5.56 Å². The first-order valence-electron chi connectivity index (χ1n) is 11.2. The lowest BCUT2D eigenvalue weighted by Crippen LogP contribution is -2.67. The van der Waals surface area contributed by atoms with Gasteiger partial charge in [-0.25, -0.2) is 4.79 Å². The Morgan fingerprint density at radius 3 is 1.85 bits per heavy atom. The molecule has 0 aliphatic heterocycles. The minimum absolute atomic E-state index is 0.144. The average Bonchev–Trinajstić information content (AvgIpc) is 2.83. The minimum atomic E-state index is -2.69. The molecule has 0 saturated heterocycles. The van der Waals surface area contributed by atoms with E-state index in [1.807, 2.05) is 42.5 Å². The number of alkyl carbamates (subject to hydrolysis) is 1. The van der Waals surface area contributed by atoms with Crippen LogP contribution < -0.4 is 15.7 Å². The van der Waals surface area contributed by atoms with E-state index in [1.54, 1.807) is 6.08 Å². The molecule has 0 aliphatic carbocycles. The quantitative estimate of drug-likeness (QED) is 0.360. The second-order valence-electron chi connectivity index (χ2n) is 9.02. The van der Waals surface area contributed by atoms with Crippen LogP contribution in [0.15, 0.2) is 104 Å². The number of benzene rings is 3. The van der Waals surface area contributed by atoms with Crippen LogP contribution in [0.2, 0.25) is 5.04 Å². The maximum absolute atomic E-state index is 12.4. The number of amides is 1. The third kappa shape index (κ3) is 6.00. The molecule has 1 atom stereocenters. The standard InChI is InChI=1S/C28H33NO3Si/c1-5-24(29-27(30)31-21-23-15-9-6-10-16-23)22-32-33(28(2,3)4,25-17-11-7-12-18-25)26-19-13-8-14-20-26/h5-20,24H,1,21-22H2,2-4H3,(H,29,30)/t24-/m0/s1. The van der Waals surface area contributed by atoms with Gasteiger partial charge < -0.3 is 14.5 Å². The Kier molecular flexibility index (Phi) is 8.25. The van der Waals surface area contributed by atoms with Gasteiger partial charge in [-0.2, -0.15) is 0 Å². The molecule has 172 valence electrons. The number of carbonyl (C=O) groups is 1. The third-order valence-electron chi connectivity index (χ3n) is 5.70. The number of rotatable bonds is 9. The first kappa shape index (κ1) is 24.5. The van der Waals surface area contributed by atoms with Crippen molar-refractivity contribution in [2.45, 2.75) is 38.5 Å². The van der Waals surface area contributed by atoms with Gasteiger partial charge >= 0.3 is 6.09 Å². The molecule has 0 heterocycles. The highest BCUT2D eigenvalue weighted by Gasteiger charge is 2.50. The summed E-state index contributed by atoms with van der Waals surface area (Å²) in [6, 6.07) is 30.1. The van der Waals surface area contributed by atoms with Gasteiger partial charge in [0, 0.05) is 0 Å². The third-order valence-corrected chi connectivity index (χ3v) is 10.7. The van der Waals surface area contributed by atoms with E-state index in [2.05, 4.69) is 81.2 Å². The van der Waals surface area contributed by atoms with Crippen molar-refractivity contribution < 1.29 is 14.0 Å². The molecule has 4 nitrogen and oxygen atoms in total. The van der Waals surface area contributed by atoms with Crippen molar-refractivity contribution in [3.8, 4) is 0 Å². The SMILES string of the molecule is C=C[C@@H](CO[Si](c1ccccc1)(c1ccccc1)C(C)(C)C)NC(=O)OCc1ccccc1. The molecule has 0 aromatic heterocycles. The van der Waals surface area contributed by atoms with Crippen LogP contribution in [0.25, 0.3) is 0 Å². The maximum atomic E-state index is 12.4. The summed E-state index contributed by atoms with van der Waals surface area (Å²) in [4.78, 5) is 12.4. The summed E-state index contributed by atoms with van der Waals surface area (Å²) in [5, 5.41) is 5.12. The fourth-order valence-corrected chi connectivity index (χ4v) is 8.65. The number of nitrogens with one attached hydrogen (secondary N) is 1. The molecule has 0 spiro atoms. The summed E-state index contributed by atoms with van der Waals surface area (Å²) in [6.07, 6.45) is 1.21. The van der Waals surface area contributed by atoms with Gasteiger partial charge in [-0.1, -0.05) is 118 Å². The van der Waals surface area contributed by atoms with Crippen molar-refractivity contribution >= 4 is 24.8 Å². The molecule has 0 aliphatic rings. The molecule has 0 fully saturated rings. The van der Waals surface area contributed by atoms with E-state index in [0.29, 0.717) is 6.61 Å². The molecule has 0 bridgehead atoms. The van der Waals surface area contributed by atoms with Gasteiger partial charge in [0.25, 0.3) is 8.32 Å². The van der Waals surface area contributed by atoms with Crippen LogP contribution in [0.1, 0.15) is 26.3 Å². The molecule has 33 heavy (non-hydrogen) atoms. The lowest BCUT2D eigenvalue weighted by molar-refractivity contribution is 0.133. The molecular formula is C28H33NO3Si. The summed E-state index contributed by atoms with van der Waals surface area (Å²) in [5.74, 6) is 0. The number of ether oxygens (including phenoxy) is 1. The molecule has 1 amide bonds. The van der Waals surface area contributed by atoms with E-state index in [4.69, 9.17) is 9.16 Å². The lowest BCUT2D eigenvalue weighted by atomic mass is 10.2. The van der Waals surface area contributed by atoms with Crippen molar-refractivity contribution in [2.75, 3.05) is 6.61 Å². The summed E-state index contributed by atoms with van der Waals surface area (Å²) in [5.41, 5.74) is 0.936. The molecule has 5 heteroatoms. The van der Waals surface area contributed by atoms with Crippen LogP contribution in [-0.4, -0.2) is 27.1 Å². The highest BCUT2D eigenvalue weighted by atomic mass is 28.4. The Bertz CT molecular complexity index is 978. The molecule has 0 saturated carbocycles. The average molecular weight is 460 g/mol. The fourth-order valence-electron chi connectivity index (χ4n) is 4.06. The van der Waals surface area contributed by atoms with Crippen LogP contribution in [0.4, 0.5) is 4.79 Å². The van der Waals surface area contributed by atoms with Crippen LogP contribution in [0.5, 0.6) is 0 Å². The van der Waals surface area contributed by atoms with E-state index in [9.17, 15) is 4.79 Å². The largest absolute Gasteiger partial charge is 0.445 e. The molecule has 1 N–H and O–H groups in total. The lowest BCUT2D eigenvalue weighted by Gasteiger charge is -2.43. The van der Waals surface area contributed by atoms with E-state index >= 15 is 0 Å². The zero-order valence-corrected chi connectivity index (χ0v) is 20.7. The van der Waals surface area contributed by atoms with E-state index < -0.39 is 14.4 Å². The Morgan fingerprint density at radius 2 is 1.39 bits per heavy atom. The van der Waals surface area contributed by atoms with Gasteiger partial charge in [-0.3, -0.25) is 0 Å². The predicted octanol–water partition coefficient (Wildman–Crippen LogP) is 5.04. The minimum Gasteiger partial charge on any atom is -0.445 e. The normalized spacial score (nSPS) is 12.6. The van der Waals surface area contributed by atoms with Crippen molar-refractivity contribution in [1.29, 1.82) is 0 Å². The second-order valence-corrected chi connectivity index (χ2v) is 13.3. The Hall–Kier alpha value is -3.15. The number of hydrogen-bond donors (Lipinski definition) is 1. The van der Waals surface area contributed by atoms with E-state index in [1.165, 1.54) is 10.4 Å². The Labute approximate surface area is 198 Å². The second kappa shape index (κ2) is 11.1. The number of hydrogen-bond acceptors (Lipinski definition) is 3. The van der Waals surface area contributed by atoms with Crippen LogP contribution in [0.3, 0.4) is 0 Å². The summed E-state index contributed by atoms with van der Waals surface area (Å²) >= 11 is 0. The molecule has 0 radical (unpaired) electrons. The molecule has 0 unspecified atom stereocenters. The maximum Gasteiger partial charge on any atom is 0.408 e. The van der Waals surface area contributed by atoms with Gasteiger partial charge in [0.1, 0.15) is 6.61 Å². The highest BCUT2D eigenvalue weighted by molar-refractivity contribution is 6.99. The number of carbonyl (C=O) groups excluding carboxylic acids is 1. The monoisotopic (exact) mass is 459 g/mol. The van der Waals surface area contributed by atoms with Crippen LogP contribution in [-0.2, 0) is 15.8 Å². The summed E-state index contributed by atoms with van der Waals surface area (Å²) in [7, 11) is -2.69. The molecule has 3 aromatic carbocycles. The van der Waals surface area contributed by atoms with Crippen molar-refractivity contribution in [3.63, 3.8) is 0 Å². The molecule has 3 rings (SSSR count). The first-order chi connectivity index (χ1) is 15.9. The first-order valence-corrected chi connectivity index (χ1v) is 13.1. The highest BCUT2D eigenvalue weighted by Crippen LogP contribution is 2.36. The predicted molar refractivity (Wildman–Crippen MR) is 137 cm³/mol. The van der Waals surface area contributed by atoms with E-state index in [-0.39, 0.29) is 17.7 Å². The van der Waals surface area contributed by atoms with Crippen molar-refractivity contribution in [2.24, 2.45) is 0 Å². The zero-order chi connectivity index (χ0) is 23.7. The van der Waals surface area contributed by atoms with Gasteiger partial charge in [-0.15, -0.1) is 6.58 Å². The van der Waals surface area contributed by atoms with Crippen LogP contribution >= 0.6 is 0 Å². The van der Waals surface area contributed by atoms with Gasteiger partial charge in [0.05, 0.1) is 12.6 Å². The Balaban J connectivity index is 1.79. The molecule has 3 aromatic rings. The van der Waals surface area contributed by atoms with Crippen molar-refractivity contribution in [1.82, 2.24) is 5.32 Å². The summed E-state index contributed by atoms with van der Waals surface area (Å²) < 4.78 is 12.3. The van der Waals surface area contributed by atoms with Gasteiger partial charge in [0.2, 0.25) is 0 Å². The van der Waals surface area contributed by atoms with Crippen molar-refractivity contribution in [3.05, 3.63) is 109 Å². The molecular weight excluding hydrogens is 426 g/mol. The topological polar surface area (TPSA) is 47.6 Å². The zero-order valence-electron chi connectivity index (χ0n) is 19.7. The summed E-state index contributed by atoms with van der Waals surface area (Å²) in [6.45, 7) is 11.1. The van der Waals surface area contributed by atoms with Crippen LogP contribution in [0, 0.1) is 0 Å². The smallest absolute Gasteiger partial charge is 0.408 e. The fraction of sp³-hybridized carbons (Fsp3) is 0.250. The Morgan fingerprint density at radius 1 is 0.909 bits per heavy atom. The van der Waals surface area contributed by atoms with Gasteiger partial charge in [0.15, 0.2) is 0 Å². The van der Waals surface area contributed by atoms with Gasteiger partial charge in [-0.05, 0) is 21.0 Å².